The number of Topliss-reactive ketones (excluding diaryl/α,β-unsaturated/α-hetero) is 1. The second kappa shape index (κ2) is 9.60. The first-order valence-corrected chi connectivity index (χ1v) is 10.2. The number of carbonyl (C=O) groups is 3. The fourth-order valence-corrected chi connectivity index (χ4v) is 4.39. The summed E-state index contributed by atoms with van der Waals surface area (Å²) in [5, 5.41) is 0. The molecule has 0 aliphatic carbocycles. The van der Waals surface area contributed by atoms with Gasteiger partial charge in [0.05, 0.1) is 32.4 Å². The number of ketones is 1. The topological polar surface area (TPSA) is 72.9 Å². The molecule has 1 aliphatic heterocycles. The average molecular weight is 421 g/mol. The van der Waals surface area contributed by atoms with Crippen LogP contribution in [0.1, 0.15) is 37.1 Å². The average Bonchev–Trinajstić information content (AvgIpc) is 2.81. The number of piperidine rings is 1. The van der Waals surface area contributed by atoms with Crippen LogP contribution < -0.4 is 0 Å². The third-order valence-electron chi connectivity index (χ3n) is 5.85. The van der Waals surface area contributed by atoms with E-state index in [0.717, 1.165) is 17.2 Å². The Balaban J connectivity index is 2.29. The fraction of sp³-hybridized carbons (Fsp3) is 0.320. The van der Waals surface area contributed by atoms with Crippen LogP contribution in [0.4, 0.5) is 0 Å². The molecule has 0 bridgehead atoms. The van der Waals surface area contributed by atoms with Crippen molar-refractivity contribution in [3.05, 3.63) is 83.6 Å². The number of ether oxygens (including phenoxy) is 2. The monoisotopic (exact) mass is 421 g/mol. The molecular formula is C25H27NO5. The summed E-state index contributed by atoms with van der Waals surface area (Å²) in [6.07, 6.45) is 1.15. The summed E-state index contributed by atoms with van der Waals surface area (Å²) >= 11 is 0. The van der Waals surface area contributed by atoms with Crippen LogP contribution in [0.25, 0.3) is 0 Å². The molecule has 0 amide bonds. The van der Waals surface area contributed by atoms with E-state index < -0.39 is 35.9 Å². The van der Waals surface area contributed by atoms with Gasteiger partial charge in [-0.05, 0) is 11.1 Å². The highest BCUT2D eigenvalue weighted by atomic mass is 16.5. The quantitative estimate of drug-likeness (QED) is 0.539. The Morgan fingerprint density at radius 1 is 0.806 bits per heavy atom. The lowest BCUT2D eigenvalue weighted by atomic mass is 9.74. The lowest BCUT2D eigenvalue weighted by Gasteiger charge is -2.49. The highest BCUT2D eigenvalue weighted by Crippen LogP contribution is 2.48. The van der Waals surface area contributed by atoms with Crippen LogP contribution in [0.15, 0.2) is 72.4 Å². The maximum absolute atomic E-state index is 13.3. The van der Waals surface area contributed by atoms with Crippen LogP contribution in [0.2, 0.25) is 0 Å². The Kier molecular flexibility index (Phi) is 6.90. The van der Waals surface area contributed by atoms with E-state index in [1.807, 2.05) is 79.4 Å². The summed E-state index contributed by atoms with van der Waals surface area (Å²) in [7, 11) is 2.52. The molecule has 1 fully saturated rings. The van der Waals surface area contributed by atoms with Crippen LogP contribution in [0.3, 0.4) is 0 Å². The number of nitrogens with zero attached hydrogens (tertiary/aromatic N) is 1. The molecule has 4 atom stereocenters. The number of benzene rings is 2. The fourth-order valence-electron chi connectivity index (χ4n) is 4.39. The lowest BCUT2D eigenvalue weighted by molar-refractivity contribution is -0.145. The lowest BCUT2D eigenvalue weighted by Crippen LogP contribution is -2.50. The first-order chi connectivity index (χ1) is 14.9. The molecule has 6 heteroatoms. The van der Waals surface area contributed by atoms with E-state index in [1.165, 1.54) is 14.2 Å². The summed E-state index contributed by atoms with van der Waals surface area (Å²) in [6, 6.07) is 18.1. The molecular weight excluding hydrogens is 394 g/mol. The Bertz CT molecular complexity index is 914. The van der Waals surface area contributed by atoms with Gasteiger partial charge in [0, 0.05) is 11.8 Å². The van der Waals surface area contributed by atoms with E-state index in [0.29, 0.717) is 0 Å². The van der Waals surface area contributed by atoms with E-state index in [-0.39, 0.29) is 11.5 Å². The maximum Gasteiger partial charge on any atom is 0.354 e. The van der Waals surface area contributed by atoms with Gasteiger partial charge in [0.25, 0.3) is 0 Å². The van der Waals surface area contributed by atoms with Crippen molar-refractivity contribution in [3.8, 4) is 0 Å². The molecule has 2 aromatic rings. The smallest absolute Gasteiger partial charge is 0.354 e. The van der Waals surface area contributed by atoms with Crippen LogP contribution >= 0.6 is 0 Å². The largest absolute Gasteiger partial charge is 0.466 e. The van der Waals surface area contributed by atoms with E-state index in [1.54, 1.807) is 0 Å². The predicted octanol–water partition coefficient (Wildman–Crippen LogP) is 3.86. The molecule has 3 rings (SSSR count). The second-order valence-corrected chi connectivity index (χ2v) is 7.64. The van der Waals surface area contributed by atoms with Crippen molar-refractivity contribution in [2.45, 2.75) is 25.9 Å². The van der Waals surface area contributed by atoms with Crippen LogP contribution in [-0.2, 0) is 23.9 Å². The molecule has 1 saturated heterocycles. The normalized spacial score (nSPS) is 23.9. The minimum atomic E-state index is -0.670. The number of hydrogen-bond donors (Lipinski definition) is 0. The minimum Gasteiger partial charge on any atom is -0.466 e. The van der Waals surface area contributed by atoms with Gasteiger partial charge in [0.1, 0.15) is 11.5 Å². The summed E-state index contributed by atoms with van der Waals surface area (Å²) in [4.78, 5) is 40.3. The van der Waals surface area contributed by atoms with Gasteiger partial charge < -0.3 is 14.4 Å². The molecule has 2 aromatic carbocycles. The molecule has 0 saturated carbocycles. The van der Waals surface area contributed by atoms with Gasteiger partial charge >= 0.3 is 11.9 Å². The standard InChI is InChI=1S/C25H27NO5/c1-16-22(18-11-7-5-8-12-18)26(20(25(29)31-4)15-21(27)30-3)23(17(2)24(16)28)19-13-9-6-10-14-19/h5-17,22-23H,1-4H3/b20-15+/t16-,17-,22-,23+/m0/s1. The molecule has 0 radical (unpaired) electrons. The zero-order valence-corrected chi connectivity index (χ0v) is 18.1. The zero-order chi connectivity index (χ0) is 22.5. The highest BCUT2D eigenvalue weighted by Gasteiger charge is 2.48. The van der Waals surface area contributed by atoms with Gasteiger partial charge in [0.2, 0.25) is 0 Å². The highest BCUT2D eigenvalue weighted by molar-refractivity contribution is 5.96. The van der Waals surface area contributed by atoms with Crippen molar-refractivity contribution in [1.29, 1.82) is 0 Å². The van der Waals surface area contributed by atoms with Crippen molar-refractivity contribution in [1.82, 2.24) is 4.90 Å². The number of carbonyl (C=O) groups excluding carboxylic acids is 3. The Morgan fingerprint density at radius 3 is 1.65 bits per heavy atom. The van der Waals surface area contributed by atoms with Crippen molar-refractivity contribution in [2.24, 2.45) is 11.8 Å². The summed E-state index contributed by atoms with van der Waals surface area (Å²) in [5.41, 5.74) is 1.80. The van der Waals surface area contributed by atoms with Crippen molar-refractivity contribution >= 4 is 17.7 Å². The van der Waals surface area contributed by atoms with E-state index in [2.05, 4.69) is 0 Å². The van der Waals surface area contributed by atoms with Crippen LogP contribution in [0, 0.1) is 11.8 Å². The summed E-state index contributed by atoms with van der Waals surface area (Å²) < 4.78 is 9.84. The van der Waals surface area contributed by atoms with Gasteiger partial charge in [-0.2, -0.15) is 0 Å². The van der Waals surface area contributed by atoms with Gasteiger partial charge in [-0.25, -0.2) is 9.59 Å². The minimum absolute atomic E-state index is 0.0586. The molecule has 31 heavy (non-hydrogen) atoms. The molecule has 162 valence electrons. The number of hydrogen-bond acceptors (Lipinski definition) is 6. The van der Waals surface area contributed by atoms with Gasteiger partial charge in [0.15, 0.2) is 0 Å². The molecule has 0 aromatic heterocycles. The molecule has 0 N–H and O–H groups in total. The summed E-state index contributed by atoms with van der Waals surface area (Å²) in [6.45, 7) is 3.72. The summed E-state index contributed by atoms with van der Waals surface area (Å²) in [5.74, 6) is -2.07. The first kappa shape index (κ1) is 22.3. The number of esters is 2. The predicted molar refractivity (Wildman–Crippen MR) is 116 cm³/mol. The Morgan fingerprint density at radius 2 is 1.26 bits per heavy atom. The van der Waals surface area contributed by atoms with Gasteiger partial charge in [-0.15, -0.1) is 0 Å². The number of methoxy groups -OCH3 is 2. The van der Waals surface area contributed by atoms with E-state index in [9.17, 15) is 14.4 Å². The Hall–Kier alpha value is -3.41. The van der Waals surface area contributed by atoms with E-state index in [4.69, 9.17) is 9.47 Å². The number of likely N-dealkylation sites (tertiary alicyclic amines) is 1. The maximum atomic E-state index is 13.3. The number of rotatable bonds is 5. The van der Waals surface area contributed by atoms with Gasteiger partial charge in [-0.3, -0.25) is 4.79 Å². The molecule has 0 unspecified atom stereocenters. The van der Waals surface area contributed by atoms with Crippen molar-refractivity contribution < 1.29 is 23.9 Å². The molecule has 1 aliphatic rings. The van der Waals surface area contributed by atoms with Crippen molar-refractivity contribution in [3.63, 3.8) is 0 Å². The van der Waals surface area contributed by atoms with Gasteiger partial charge in [-0.1, -0.05) is 74.5 Å². The molecule has 6 nitrogen and oxygen atoms in total. The second-order valence-electron chi connectivity index (χ2n) is 7.64. The van der Waals surface area contributed by atoms with Crippen LogP contribution in [0.5, 0.6) is 0 Å². The third kappa shape index (κ3) is 4.38. The zero-order valence-electron chi connectivity index (χ0n) is 18.1. The SMILES string of the molecule is COC(=O)/C=C(\C(=O)OC)N1[C@H](c2ccccc2)[C@H](C)C(=O)[C@@H](C)[C@@H]1c1ccccc1. The molecule has 1 heterocycles. The van der Waals surface area contributed by atoms with Crippen LogP contribution in [-0.4, -0.2) is 36.8 Å². The third-order valence-corrected chi connectivity index (χ3v) is 5.85. The van der Waals surface area contributed by atoms with Crippen molar-refractivity contribution in [2.75, 3.05) is 14.2 Å². The molecule has 0 spiro atoms. The Labute approximate surface area is 182 Å². The first-order valence-electron chi connectivity index (χ1n) is 10.2. The van der Waals surface area contributed by atoms with E-state index >= 15 is 0 Å².